The van der Waals surface area contributed by atoms with E-state index in [0.717, 1.165) is 16.0 Å². The molecule has 2 aromatic carbocycles. The molecule has 1 aliphatic rings. The van der Waals surface area contributed by atoms with E-state index in [1.807, 2.05) is 37.4 Å². The Morgan fingerprint density at radius 2 is 2.00 bits per heavy atom. The molecule has 3 aromatic rings. The Morgan fingerprint density at radius 1 is 1.28 bits per heavy atom. The molecule has 1 aromatic heterocycles. The Balaban J connectivity index is 1.90. The van der Waals surface area contributed by atoms with Crippen LogP contribution in [0.1, 0.15) is 33.2 Å². The number of rotatable bonds is 5. The van der Waals surface area contributed by atoms with Gasteiger partial charge in [0, 0.05) is 27.6 Å². The lowest BCUT2D eigenvalue weighted by molar-refractivity contribution is 0.0706. The zero-order chi connectivity index (χ0) is 20.7. The summed E-state index contributed by atoms with van der Waals surface area (Å²) in [6, 6.07) is 10.8. The summed E-state index contributed by atoms with van der Waals surface area (Å²) in [4.78, 5) is 15.7. The number of aryl methyl sites for hydroxylation is 1. The minimum absolute atomic E-state index is 0.0470. The molecule has 150 valence electrons. The largest absolute Gasteiger partial charge is 0.507 e. The molecule has 3 N–H and O–H groups in total. The molecule has 0 saturated heterocycles. The highest BCUT2D eigenvalue weighted by molar-refractivity contribution is 7.98. The lowest BCUT2D eigenvalue weighted by Gasteiger charge is -2.25. The maximum Gasteiger partial charge on any atom is 0.273 e. The van der Waals surface area contributed by atoms with Crippen molar-refractivity contribution in [1.82, 2.24) is 15.1 Å². The van der Waals surface area contributed by atoms with E-state index in [0.29, 0.717) is 27.5 Å². The first-order valence-corrected chi connectivity index (χ1v) is 10.7. The predicted octanol–water partition coefficient (Wildman–Crippen LogP) is 4.00. The topological polar surface area (TPSA) is 89.5 Å². The van der Waals surface area contributed by atoms with Gasteiger partial charge in [-0.3, -0.25) is 9.89 Å². The number of carbonyl (C=O) groups is 1. The number of aromatic hydroxyl groups is 1. The Kier molecular flexibility index (Phi) is 5.29. The predicted molar refractivity (Wildman–Crippen MR) is 114 cm³/mol. The fraction of sp³-hybridized carbons (Fsp3) is 0.238. The number of carbonyl (C=O) groups excluding carboxylic acids is 1. The molecule has 8 heteroatoms. The first kappa shape index (κ1) is 19.8. The molecule has 0 spiro atoms. The average Bonchev–Trinajstić information content (AvgIpc) is 3.25. The highest BCUT2D eigenvalue weighted by atomic mass is 35.5. The van der Waals surface area contributed by atoms with Crippen LogP contribution in [-0.2, 0) is 0 Å². The zero-order valence-corrected chi connectivity index (χ0v) is 17.5. The SMILES string of the molecule is CSc1ccc([C@@H]2c3c(-c4cc(Cl)c(C)cc4O)n[nH]c3C(=O)N2CCO)cc1. The van der Waals surface area contributed by atoms with Crippen molar-refractivity contribution < 1.29 is 15.0 Å². The quantitative estimate of drug-likeness (QED) is 0.533. The summed E-state index contributed by atoms with van der Waals surface area (Å²) in [7, 11) is 0. The van der Waals surface area contributed by atoms with Crippen LogP contribution in [-0.4, -0.2) is 50.6 Å². The molecule has 0 saturated carbocycles. The van der Waals surface area contributed by atoms with E-state index in [-0.39, 0.29) is 24.8 Å². The standard InChI is InChI=1S/C21H20ClN3O3S/c1-11-9-16(27)14(10-15(11)22)18-17-19(24-23-18)21(28)25(7-8-26)20(17)12-3-5-13(29-2)6-4-12/h3-6,9-10,20,26-27H,7-8H2,1-2H3,(H,23,24)/t20-/m1/s1. The second-order valence-corrected chi connectivity index (χ2v) is 8.16. The number of H-pyrrole nitrogens is 1. The summed E-state index contributed by atoms with van der Waals surface area (Å²) >= 11 is 7.92. The van der Waals surface area contributed by atoms with Gasteiger partial charge in [0.05, 0.1) is 12.6 Å². The van der Waals surface area contributed by atoms with E-state index >= 15 is 0 Å². The molecule has 0 unspecified atom stereocenters. The second kappa shape index (κ2) is 7.74. The van der Waals surface area contributed by atoms with Crippen LogP contribution in [0.25, 0.3) is 11.3 Å². The van der Waals surface area contributed by atoms with Crippen LogP contribution in [0.4, 0.5) is 0 Å². The van der Waals surface area contributed by atoms with Crippen molar-refractivity contribution in [2.75, 3.05) is 19.4 Å². The summed E-state index contributed by atoms with van der Waals surface area (Å²) in [5.41, 5.74) is 3.64. The Bertz CT molecular complexity index is 1080. The molecule has 0 aliphatic carbocycles. The lowest BCUT2D eigenvalue weighted by atomic mass is 9.95. The van der Waals surface area contributed by atoms with E-state index in [4.69, 9.17) is 11.6 Å². The highest BCUT2D eigenvalue weighted by Gasteiger charge is 2.42. The Hall–Kier alpha value is -2.48. The first-order valence-electron chi connectivity index (χ1n) is 9.09. The van der Waals surface area contributed by atoms with Crippen LogP contribution in [0.3, 0.4) is 0 Å². The summed E-state index contributed by atoms with van der Waals surface area (Å²) < 4.78 is 0. The summed E-state index contributed by atoms with van der Waals surface area (Å²) in [5.74, 6) is -0.185. The number of aliphatic hydroxyl groups excluding tert-OH is 1. The zero-order valence-electron chi connectivity index (χ0n) is 15.9. The number of aliphatic hydroxyl groups is 1. The number of benzene rings is 2. The van der Waals surface area contributed by atoms with Gasteiger partial charge < -0.3 is 15.1 Å². The number of phenols is 1. The molecule has 29 heavy (non-hydrogen) atoms. The van der Waals surface area contributed by atoms with Crippen LogP contribution in [0.2, 0.25) is 5.02 Å². The van der Waals surface area contributed by atoms with Gasteiger partial charge in [-0.1, -0.05) is 23.7 Å². The molecular weight excluding hydrogens is 410 g/mol. The molecule has 1 amide bonds. The van der Waals surface area contributed by atoms with Gasteiger partial charge in [-0.2, -0.15) is 5.10 Å². The van der Waals surface area contributed by atoms with Crippen LogP contribution in [0, 0.1) is 6.92 Å². The number of hydrogen-bond acceptors (Lipinski definition) is 5. The van der Waals surface area contributed by atoms with E-state index in [2.05, 4.69) is 10.2 Å². The number of phenolic OH excluding ortho intramolecular Hbond substituents is 1. The number of fused-ring (bicyclic) bond motifs is 1. The van der Waals surface area contributed by atoms with Gasteiger partial charge in [0.25, 0.3) is 5.91 Å². The van der Waals surface area contributed by atoms with E-state index in [1.54, 1.807) is 28.8 Å². The Labute approximate surface area is 177 Å². The molecule has 0 radical (unpaired) electrons. The van der Waals surface area contributed by atoms with Gasteiger partial charge in [-0.15, -0.1) is 11.8 Å². The number of thioether (sulfide) groups is 1. The molecular formula is C21H20ClN3O3S. The van der Waals surface area contributed by atoms with E-state index in [1.165, 1.54) is 0 Å². The number of hydrogen-bond donors (Lipinski definition) is 3. The van der Waals surface area contributed by atoms with Gasteiger partial charge in [0.1, 0.15) is 17.1 Å². The summed E-state index contributed by atoms with van der Waals surface area (Å²) in [6.45, 7) is 1.85. The highest BCUT2D eigenvalue weighted by Crippen LogP contribution is 2.45. The summed E-state index contributed by atoms with van der Waals surface area (Å²) in [5, 5.41) is 27.7. The minimum atomic E-state index is -0.422. The van der Waals surface area contributed by atoms with Gasteiger partial charge in [-0.25, -0.2) is 0 Å². The van der Waals surface area contributed by atoms with Crippen molar-refractivity contribution in [3.05, 3.63) is 63.8 Å². The van der Waals surface area contributed by atoms with Crippen molar-refractivity contribution in [2.45, 2.75) is 17.9 Å². The van der Waals surface area contributed by atoms with Crippen LogP contribution >= 0.6 is 23.4 Å². The van der Waals surface area contributed by atoms with Gasteiger partial charge in [-0.05, 0) is 48.6 Å². The molecule has 0 fully saturated rings. The van der Waals surface area contributed by atoms with Gasteiger partial charge in [0.15, 0.2) is 0 Å². The molecule has 1 atom stereocenters. The number of β-amino-alcohol motifs (C(OH)–C–C–N with tert-alkyl or cyclic N) is 1. The third-order valence-electron chi connectivity index (χ3n) is 5.17. The van der Waals surface area contributed by atoms with Crippen molar-refractivity contribution in [2.24, 2.45) is 0 Å². The fourth-order valence-electron chi connectivity index (χ4n) is 3.73. The Morgan fingerprint density at radius 3 is 2.66 bits per heavy atom. The monoisotopic (exact) mass is 429 g/mol. The van der Waals surface area contributed by atoms with Crippen molar-refractivity contribution >= 4 is 29.3 Å². The normalized spacial score (nSPS) is 15.8. The lowest BCUT2D eigenvalue weighted by Crippen LogP contribution is -2.32. The van der Waals surface area contributed by atoms with Crippen molar-refractivity contribution in [1.29, 1.82) is 0 Å². The molecule has 6 nitrogen and oxygen atoms in total. The maximum absolute atomic E-state index is 13.0. The minimum Gasteiger partial charge on any atom is -0.507 e. The van der Waals surface area contributed by atoms with Gasteiger partial charge in [0.2, 0.25) is 0 Å². The first-order chi connectivity index (χ1) is 14.0. The van der Waals surface area contributed by atoms with Crippen molar-refractivity contribution in [3.8, 4) is 17.0 Å². The molecule has 1 aliphatic heterocycles. The number of halogens is 1. The second-order valence-electron chi connectivity index (χ2n) is 6.88. The number of amides is 1. The number of aromatic amines is 1. The smallest absolute Gasteiger partial charge is 0.273 e. The number of nitrogens with one attached hydrogen (secondary N) is 1. The van der Waals surface area contributed by atoms with Crippen molar-refractivity contribution in [3.63, 3.8) is 0 Å². The van der Waals surface area contributed by atoms with Crippen LogP contribution in [0.15, 0.2) is 41.3 Å². The molecule has 2 heterocycles. The molecule has 0 bridgehead atoms. The fourth-order valence-corrected chi connectivity index (χ4v) is 4.30. The number of nitrogens with zero attached hydrogens (tertiary/aromatic N) is 2. The van der Waals surface area contributed by atoms with Gasteiger partial charge >= 0.3 is 0 Å². The third-order valence-corrected chi connectivity index (χ3v) is 6.32. The number of aromatic nitrogens is 2. The summed E-state index contributed by atoms with van der Waals surface area (Å²) in [6.07, 6.45) is 2.00. The molecule has 4 rings (SSSR count). The van der Waals surface area contributed by atoms with E-state index < -0.39 is 6.04 Å². The van der Waals surface area contributed by atoms with Crippen LogP contribution < -0.4 is 0 Å². The maximum atomic E-state index is 13.0. The third kappa shape index (κ3) is 3.29. The average molecular weight is 430 g/mol. The van der Waals surface area contributed by atoms with E-state index in [9.17, 15) is 15.0 Å². The van der Waals surface area contributed by atoms with Crippen LogP contribution in [0.5, 0.6) is 5.75 Å².